The van der Waals surface area contributed by atoms with E-state index in [4.69, 9.17) is 15.7 Å². The Morgan fingerprint density at radius 1 is 1.30 bits per heavy atom. The Hall–Kier alpha value is -1.92. The number of amidine groups is 1. The summed E-state index contributed by atoms with van der Waals surface area (Å²) in [4.78, 5) is 0. The number of hydrogen-bond donors (Lipinski definition) is 2. The molecule has 1 saturated carbocycles. The zero-order valence-corrected chi connectivity index (χ0v) is 10.7. The fraction of sp³-hybridized carbons (Fsp3) is 0.462. The highest BCUT2D eigenvalue weighted by atomic mass is 19.4. The highest BCUT2D eigenvalue weighted by Gasteiger charge is 2.44. The van der Waals surface area contributed by atoms with Crippen molar-refractivity contribution >= 4 is 5.84 Å². The van der Waals surface area contributed by atoms with E-state index < -0.39 is 11.7 Å². The lowest BCUT2D eigenvalue weighted by atomic mass is 10.0. The van der Waals surface area contributed by atoms with Gasteiger partial charge >= 0.3 is 6.18 Å². The molecular weight excluding hydrogens is 273 g/mol. The number of ether oxygens (including phenoxy) is 1. The normalized spacial score (nSPS) is 17.9. The van der Waals surface area contributed by atoms with Gasteiger partial charge in [0.1, 0.15) is 11.6 Å². The molecule has 20 heavy (non-hydrogen) atoms. The second-order valence-electron chi connectivity index (χ2n) is 5.08. The van der Waals surface area contributed by atoms with Gasteiger partial charge in [0.25, 0.3) is 0 Å². The van der Waals surface area contributed by atoms with Crippen LogP contribution in [-0.2, 0) is 6.18 Å². The molecule has 0 atom stereocenters. The zero-order chi connectivity index (χ0) is 14.8. The van der Waals surface area contributed by atoms with E-state index >= 15 is 0 Å². The smallest absolute Gasteiger partial charge is 0.416 e. The number of nitrogens with two attached hydrogens (primary N) is 1. The molecule has 4 nitrogen and oxygen atoms in total. The summed E-state index contributed by atoms with van der Waals surface area (Å²) in [6.45, 7) is 0.342. The van der Waals surface area contributed by atoms with E-state index in [0.29, 0.717) is 18.8 Å². The molecule has 0 amide bonds. The molecule has 0 heterocycles. The highest BCUT2D eigenvalue weighted by molar-refractivity contribution is 5.80. The van der Waals surface area contributed by atoms with Crippen LogP contribution in [-0.4, -0.2) is 17.6 Å². The molecule has 0 saturated heterocycles. The molecule has 110 valence electrons. The Morgan fingerprint density at radius 2 is 1.90 bits per heavy atom. The molecule has 3 N–H and O–H groups in total. The van der Waals surface area contributed by atoms with E-state index in [1.807, 2.05) is 0 Å². The number of nitrogens with zero attached hydrogens (tertiary/aromatic N) is 1. The second kappa shape index (κ2) is 5.22. The summed E-state index contributed by atoms with van der Waals surface area (Å²) in [6.07, 6.45) is -2.14. The minimum Gasteiger partial charge on any atom is -0.493 e. The third kappa shape index (κ3) is 3.55. The Labute approximate surface area is 114 Å². The van der Waals surface area contributed by atoms with Crippen LogP contribution >= 0.6 is 0 Å². The third-order valence-corrected chi connectivity index (χ3v) is 3.37. The Bertz CT molecular complexity index is 493. The van der Waals surface area contributed by atoms with Crippen molar-refractivity contribution in [3.63, 3.8) is 0 Å². The third-order valence-electron chi connectivity index (χ3n) is 3.37. The standard InChI is InChI=1S/C13H15F3N2O2/c14-13(15,16)9-1-3-10(4-2-9)20-8-12(5-6-12)7-11(17)18-19/h1-4,19H,5-8H2,(H2,17,18). The molecule has 1 aromatic carbocycles. The van der Waals surface area contributed by atoms with Gasteiger partial charge < -0.3 is 15.7 Å². The predicted molar refractivity (Wildman–Crippen MR) is 66.6 cm³/mol. The van der Waals surface area contributed by atoms with Crippen LogP contribution in [0.5, 0.6) is 5.75 Å². The van der Waals surface area contributed by atoms with Crippen LogP contribution in [0.4, 0.5) is 13.2 Å². The summed E-state index contributed by atoms with van der Waals surface area (Å²) in [6, 6.07) is 4.56. The lowest BCUT2D eigenvalue weighted by Crippen LogP contribution is -2.22. The van der Waals surface area contributed by atoms with Gasteiger partial charge in [0, 0.05) is 11.8 Å². The summed E-state index contributed by atoms with van der Waals surface area (Å²) in [5, 5.41) is 11.5. The van der Waals surface area contributed by atoms with E-state index in [1.54, 1.807) is 0 Å². The van der Waals surface area contributed by atoms with Gasteiger partial charge in [-0.15, -0.1) is 0 Å². The maximum absolute atomic E-state index is 12.4. The largest absolute Gasteiger partial charge is 0.493 e. The second-order valence-corrected chi connectivity index (χ2v) is 5.08. The van der Waals surface area contributed by atoms with Crippen LogP contribution in [0, 0.1) is 5.41 Å². The van der Waals surface area contributed by atoms with Gasteiger partial charge in [-0.05, 0) is 37.1 Å². The summed E-state index contributed by atoms with van der Waals surface area (Å²) >= 11 is 0. The van der Waals surface area contributed by atoms with Gasteiger partial charge in [0.15, 0.2) is 0 Å². The average molecular weight is 288 g/mol. The molecule has 0 unspecified atom stereocenters. The first kappa shape index (κ1) is 14.5. The number of alkyl halides is 3. The zero-order valence-electron chi connectivity index (χ0n) is 10.7. The molecule has 0 aromatic heterocycles. The van der Waals surface area contributed by atoms with Gasteiger partial charge in [-0.25, -0.2) is 0 Å². The van der Waals surface area contributed by atoms with Gasteiger partial charge in [0.05, 0.1) is 12.2 Å². The molecular formula is C13H15F3N2O2. The average Bonchev–Trinajstić information content (AvgIpc) is 3.16. The molecule has 7 heteroatoms. The van der Waals surface area contributed by atoms with Gasteiger partial charge in [-0.2, -0.15) is 13.2 Å². The number of benzene rings is 1. The molecule has 1 aromatic rings. The van der Waals surface area contributed by atoms with Crippen molar-refractivity contribution in [1.29, 1.82) is 0 Å². The molecule has 1 aliphatic rings. The first-order valence-corrected chi connectivity index (χ1v) is 6.11. The summed E-state index contributed by atoms with van der Waals surface area (Å²) in [5.41, 5.74) is 4.60. The maximum Gasteiger partial charge on any atom is 0.416 e. The fourth-order valence-electron chi connectivity index (χ4n) is 1.95. The van der Waals surface area contributed by atoms with E-state index in [0.717, 1.165) is 25.0 Å². The van der Waals surface area contributed by atoms with Gasteiger partial charge in [0.2, 0.25) is 0 Å². The van der Waals surface area contributed by atoms with E-state index in [1.165, 1.54) is 12.1 Å². The molecule has 0 aliphatic heterocycles. The number of rotatable bonds is 5. The molecule has 1 fully saturated rings. The van der Waals surface area contributed by atoms with Gasteiger partial charge in [-0.1, -0.05) is 5.16 Å². The van der Waals surface area contributed by atoms with Crippen molar-refractivity contribution in [2.24, 2.45) is 16.3 Å². The number of oxime groups is 1. The minimum atomic E-state index is -4.34. The molecule has 1 aliphatic carbocycles. The predicted octanol–water partition coefficient (Wildman–Crippen LogP) is 3.00. The first-order chi connectivity index (χ1) is 9.35. The summed E-state index contributed by atoms with van der Waals surface area (Å²) < 4.78 is 42.7. The maximum atomic E-state index is 12.4. The lowest BCUT2D eigenvalue weighted by molar-refractivity contribution is -0.137. The Morgan fingerprint density at radius 3 is 2.35 bits per heavy atom. The van der Waals surface area contributed by atoms with Crippen LogP contribution in [0.25, 0.3) is 0 Å². The topological polar surface area (TPSA) is 67.8 Å². The SMILES string of the molecule is NC(CC1(COc2ccc(C(F)(F)F)cc2)CC1)=NO. The van der Waals surface area contributed by atoms with E-state index in [-0.39, 0.29) is 11.3 Å². The van der Waals surface area contributed by atoms with Crippen molar-refractivity contribution in [2.75, 3.05) is 6.61 Å². The van der Waals surface area contributed by atoms with E-state index in [2.05, 4.69) is 5.16 Å². The molecule has 0 spiro atoms. The molecule has 0 radical (unpaired) electrons. The van der Waals surface area contributed by atoms with Crippen molar-refractivity contribution in [3.8, 4) is 5.75 Å². The highest BCUT2D eigenvalue weighted by Crippen LogP contribution is 2.49. The fourth-order valence-corrected chi connectivity index (χ4v) is 1.95. The van der Waals surface area contributed by atoms with Crippen LogP contribution in [0.2, 0.25) is 0 Å². The Balaban J connectivity index is 1.92. The van der Waals surface area contributed by atoms with E-state index in [9.17, 15) is 13.2 Å². The van der Waals surface area contributed by atoms with Crippen molar-refractivity contribution in [1.82, 2.24) is 0 Å². The lowest BCUT2D eigenvalue weighted by Gasteiger charge is -2.15. The monoisotopic (exact) mass is 288 g/mol. The van der Waals surface area contributed by atoms with Crippen LogP contribution in [0.3, 0.4) is 0 Å². The number of halogens is 3. The first-order valence-electron chi connectivity index (χ1n) is 6.11. The summed E-state index contributed by atoms with van der Waals surface area (Å²) in [5.74, 6) is 0.516. The van der Waals surface area contributed by atoms with Gasteiger partial charge in [-0.3, -0.25) is 0 Å². The molecule has 0 bridgehead atoms. The van der Waals surface area contributed by atoms with Crippen molar-refractivity contribution < 1.29 is 23.1 Å². The quantitative estimate of drug-likeness (QED) is 0.379. The summed E-state index contributed by atoms with van der Waals surface area (Å²) in [7, 11) is 0. The van der Waals surface area contributed by atoms with Crippen LogP contribution in [0.15, 0.2) is 29.4 Å². The van der Waals surface area contributed by atoms with Crippen molar-refractivity contribution in [3.05, 3.63) is 29.8 Å². The molecule has 2 rings (SSSR count). The van der Waals surface area contributed by atoms with Crippen LogP contribution < -0.4 is 10.5 Å². The van der Waals surface area contributed by atoms with Crippen molar-refractivity contribution in [2.45, 2.75) is 25.4 Å². The minimum absolute atomic E-state index is 0.138. The van der Waals surface area contributed by atoms with Crippen LogP contribution in [0.1, 0.15) is 24.8 Å². The Kier molecular flexibility index (Phi) is 3.78. The number of hydrogen-bond acceptors (Lipinski definition) is 3.